The second-order valence-electron chi connectivity index (χ2n) is 6.20. The van der Waals surface area contributed by atoms with E-state index in [-0.39, 0.29) is 17.3 Å². The Bertz CT molecular complexity index is 1050. The van der Waals surface area contributed by atoms with Crippen LogP contribution in [0.5, 0.6) is 0 Å². The van der Waals surface area contributed by atoms with Crippen LogP contribution in [0.4, 0.5) is 0 Å². The van der Waals surface area contributed by atoms with Gasteiger partial charge < -0.3 is 14.5 Å². The number of esters is 1. The lowest BCUT2D eigenvalue weighted by Gasteiger charge is -2.08. The van der Waals surface area contributed by atoms with Crippen molar-refractivity contribution in [3.63, 3.8) is 0 Å². The highest BCUT2D eigenvalue weighted by Crippen LogP contribution is 2.19. The molecule has 28 heavy (non-hydrogen) atoms. The fourth-order valence-corrected chi connectivity index (χ4v) is 2.96. The molecule has 0 aliphatic heterocycles. The molecule has 0 unspecified atom stereocenters. The lowest BCUT2D eigenvalue weighted by molar-refractivity contribution is 0.0598. The van der Waals surface area contributed by atoms with Crippen molar-refractivity contribution in [2.75, 3.05) is 7.11 Å². The molecule has 0 radical (unpaired) electrons. The molecular formula is C19H19ClN4O4. The number of carbonyl (C=O) groups is 2. The summed E-state index contributed by atoms with van der Waals surface area (Å²) in [6.07, 6.45) is 0. The summed E-state index contributed by atoms with van der Waals surface area (Å²) < 4.78 is 11.8. The first-order valence-corrected chi connectivity index (χ1v) is 8.84. The molecule has 3 rings (SSSR count). The van der Waals surface area contributed by atoms with Crippen molar-refractivity contribution < 1.29 is 18.7 Å². The highest BCUT2D eigenvalue weighted by atomic mass is 35.5. The Balaban J connectivity index is 1.78. The first-order chi connectivity index (χ1) is 13.3. The van der Waals surface area contributed by atoms with Gasteiger partial charge in [-0.3, -0.25) is 4.79 Å². The van der Waals surface area contributed by atoms with Crippen LogP contribution in [0.2, 0.25) is 5.02 Å². The summed E-state index contributed by atoms with van der Waals surface area (Å²) in [6, 6.07) is 6.73. The lowest BCUT2D eigenvalue weighted by atomic mass is 10.2. The van der Waals surface area contributed by atoms with Crippen molar-refractivity contribution in [1.29, 1.82) is 0 Å². The number of aryl methyl sites for hydroxylation is 3. The van der Waals surface area contributed by atoms with Crippen molar-refractivity contribution in [3.05, 3.63) is 63.5 Å². The van der Waals surface area contributed by atoms with Gasteiger partial charge in [0, 0.05) is 5.69 Å². The molecule has 0 spiro atoms. The number of halogens is 1. The minimum atomic E-state index is -0.499. The van der Waals surface area contributed by atoms with Gasteiger partial charge in [0.05, 0.1) is 24.4 Å². The number of rotatable bonds is 5. The van der Waals surface area contributed by atoms with E-state index in [2.05, 4.69) is 20.1 Å². The predicted molar refractivity (Wildman–Crippen MR) is 102 cm³/mol. The number of furan rings is 1. The summed E-state index contributed by atoms with van der Waals surface area (Å²) in [6.45, 7) is 5.49. The van der Waals surface area contributed by atoms with Crippen molar-refractivity contribution >= 4 is 23.5 Å². The zero-order chi connectivity index (χ0) is 20.4. The van der Waals surface area contributed by atoms with E-state index in [1.807, 2.05) is 19.9 Å². The van der Waals surface area contributed by atoms with E-state index in [1.54, 1.807) is 23.7 Å². The normalized spacial score (nSPS) is 10.8. The van der Waals surface area contributed by atoms with Gasteiger partial charge in [-0.15, -0.1) is 0 Å². The molecule has 0 aliphatic carbocycles. The third kappa shape index (κ3) is 3.91. The molecule has 3 heterocycles. The first-order valence-electron chi connectivity index (χ1n) is 8.46. The van der Waals surface area contributed by atoms with Gasteiger partial charge in [-0.1, -0.05) is 11.6 Å². The number of methoxy groups -OCH3 is 1. The summed E-state index contributed by atoms with van der Waals surface area (Å²) in [5, 5.41) is 7.27. The minimum Gasteiger partial charge on any atom is -0.465 e. The molecule has 0 aliphatic rings. The topological polar surface area (TPSA) is 99.2 Å². The standard InChI is InChI=1S/C19H19ClN4O4/c1-10-7-11(2)24(23-10)16-6-5-15(20)17(22-16)18(25)21-9-13-8-14(12(3)28-13)19(26)27-4/h5-8H,9H2,1-4H3,(H,21,25). The van der Waals surface area contributed by atoms with E-state index < -0.39 is 11.9 Å². The van der Waals surface area contributed by atoms with Gasteiger partial charge in [0.1, 0.15) is 22.8 Å². The van der Waals surface area contributed by atoms with Crippen molar-refractivity contribution in [3.8, 4) is 5.82 Å². The monoisotopic (exact) mass is 402 g/mol. The van der Waals surface area contributed by atoms with Crippen LogP contribution >= 0.6 is 11.6 Å². The van der Waals surface area contributed by atoms with E-state index in [1.165, 1.54) is 13.2 Å². The molecule has 146 valence electrons. The Morgan fingerprint density at radius 1 is 1.25 bits per heavy atom. The van der Waals surface area contributed by atoms with Gasteiger partial charge >= 0.3 is 5.97 Å². The van der Waals surface area contributed by atoms with Gasteiger partial charge in [0.15, 0.2) is 5.82 Å². The quantitative estimate of drug-likeness (QED) is 0.658. The smallest absolute Gasteiger partial charge is 0.341 e. The average Bonchev–Trinajstić information content (AvgIpc) is 3.20. The van der Waals surface area contributed by atoms with Crippen LogP contribution in [0.25, 0.3) is 5.82 Å². The molecule has 0 saturated carbocycles. The zero-order valence-electron chi connectivity index (χ0n) is 15.9. The van der Waals surface area contributed by atoms with Crippen LogP contribution in [0, 0.1) is 20.8 Å². The van der Waals surface area contributed by atoms with Crippen molar-refractivity contribution in [2.24, 2.45) is 0 Å². The van der Waals surface area contributed by atoms with Crippen LogP contribution in [-0.4, -0.2) is 33.8 Å². The minimum absolute atomic E-state index is 0.0683. The summed E-state index contributed by atoms with van der Waals surface area (Å²) in [5.74, 6) is 0.348. The number of nitrogens with zero attached hydrogens (tertiary/aromatic N) is 3. The number of hydrogen-bond donors (Lipinski definition) is 1. The Kier molecular flexibility index (Phi) is 5.51. The molecule has 8 nitrogen and oxygen atoms in total. The van der Waals surface area contributed by atoms with Crippen LogP contribution in [0.3, 0.4) is 0 Å². The predicted octanol–water partition coefficient (Wildman–Crippen LogP) is 3.16. The third-order valence-corrected chi connectivity index (χ3v) is 4.38. The molecule has 0 atom stereocenters. The highest BCUT2D eigenvalue weighted by Gasteiger charge is 2.18. The fourth-order valence-electron chi connectivity index (χ4n) is 2.76. The van der Waals surface area contributed by atoms with E-state index >= 15 is 0 Å². The maximum absolute atomic E-state index is 12.6. The van der Waals surface area contributed by atoms with Crippen LogP contribution in [0.1, 0.15) is 43.8 Å². The number of aromatic nitrogens is 3. The molecule has 3 aromatic rings. The van der Waals surface area contributed by atoms with Gasteiger partial charge in [0.25, 0.3) is 5.91 Å². The van der Waals surface area contributed by atoms with Gasteiger partial charge in [-0.25, -0.2) is 14.5 Å². The Labute approximate surface area is 166 Å². The SMILES string of the molecule is COC(=O)c1cc(CNC(=O)c2nc(-n3nc(C)cc3C)ccc2Cl)oc1C. The van der Waals surface area contributed by atoms with Crippen molar-refractivity contribution in [1.82, 2.24) is 20.1 Å². The highest BCUT2D eigenvalue weighted by molar-refractivity contribution is 6.33. The molecule has 1 N–H and O–H groups in total. The van der Waals surface area contributed by atoms with Gasteiger partial charge in [-0.05, 0) is 45.0 Å². The zero-order valence-corrected chi connectivity index (χ0v) is 16.6. The average molecular weight is 403 g/mol. The van der Waals surface area contributed by atoms with E-state index in [9.17, 15) is 9.59 Å². The number of carbonyl (C=O) groups excluding carboxylic acids is 2. The second-order valence-corrected chi connectivity index (χ2v) is 6.60. The Hall–Kier alpha value is -3.13. The number of nitrogens with one attached hydrogen (secondary N) is 1. The van der Waals surface area contributed by atoms with Crippen LogP contribution < -0.4 is 5.32 Å². The largest absolute Gasteiger partial charge is 0.465 e. The maximum atomic E-state index is 12.6. The van der Waals surface area contributed by atoms with Crippen LogP contribution in [-0.2, 0) is 11.3 Å². The molecule has 0 fully saturated rings. The first kappa shape index (κ1) is 19.6. The maximum Gasteiger partial charge on any atom is 0.341 e. The second kappa shape index (κ2) is 7.85. The molecule has 0 saturated heterocycles. The van der Waals surface area contributed by atoms with Crippen LogP contribution in [0.15, 0.2) is 28.7 Å². The number of pyridine rings is 1. The van der Waals surface area contributed by atoms with Gasteiger partial charge in [0.2, 0.25) is 0 Å². The molecule has 0 aromatic carbocycles. The number of amides is 1. The summed E-state index contributed by atoms with van der Waals surface area (Å²) in [7, 11) is 1.29. The summed E-state index contributed by atoms with van der Waals surface area (Å²) in [5.41, 5.74) is 2.12. The lowest BCUT2D eigenvalue weighted by Crippen LogP contribution is -2.24. The number of ether oxygens (including phenoxy) is 1. The van der Waals surface area contributed by atoms with Crippen molar-refractivity contribution in [2.45, 2.75) is 27.3 Å². The fraction of sp³-hybridized carbons (Fsp3) is 0.263. The third-order valence-electron chi connectivity index (χ3n) is 4.07. The van der Waals surface area contributed by atoms with Gasteiger partial charge in [-0.2, -0.15) is 5.10 Å². The number of hydrogen-bond acceptors (Lipinski definition) is 6. The van der Waals surface area contributed by atoms with E-state index in [0.717, 1.165) is 11.4 Å². The molecular weight excluding hydrogens is 384 g/mol. The Morgan fingerprint density at radius 3 is 2.64 bits per heavy atom. The molecule has 1 amide bonds. The summed E-state index contributed by atoms with van der Waals surface area (Å²) in [4.78, 5) is 28.6. The summed E-state index contributed by atoms with van der Waals surface area (Å²) >= 11 is 6.16. The van der Waals surface area contributed by atoms with E-state index in [0.29, 0.717) is 22.9 Å². The molecule has 9 heteroatoms. The molecule has 0 bridgehead atoms. The molecule has 3 aromatic heterocycles. The Morgan fingerprint density at radius 2 is 2.00 bits per heavy atom. The van der Waals surface area contributed by atoms with E-state index in [4.69, 9.17) is 16.0 Å².